The summed E-state index contributed by atoms with van der Waals surface area (Å²) >= 11 is 0. The Morgan fingerprint density at radius 1 is 0.837 bits per heavy atom. The number of carbonyl (C=O) groups is 2. The van der Waals surface area contributed by atoms with Gasteiger partial charge in [-0.15, -0.1) is 26.3 Å². The lowest BCUT2D eigenvalue weighted by Gasteiger charge is -2.19. The Bertz CT molecular complexity index is 1640. The molecule has 1 unspecified atom stereocenters. The van der Waals surface area contributed by atoms with Crippen LogP contribution in [0.3, 0.4) is 0 Å². The van der Waals surface area contributed by atoms with Gasteiger partial charge in [0.2, 0.25) is 0 Å². The molecule has 0 saturated carbocycles. The Labute approximate surface area is 241 Å². The number of aliphatic carboxylic acids is 1. The van der Waals surface area contributed by atoms with E-state index in [2.05, 4.69) is 9.47 Å². The van der Waals surface area contributed by atoms with Crippen LogP contribution in [-0.2, 0) is 11.3 Å². The molecule has 0 bridgehead atoms. The second-order valence-corrected chi connectivity index (χ2v) is 9.94. The first-order valence-corrected chi connectivity index (χ1v) is 12.8. The maximum absolute atomic E-state index is 13.6. The molecule has 4 rings (SSSR count). The van der Waals surface area contributed by atoms with Crippen LogP contribution < -0.4 is 14.2 Å². The van der Waals surface area contributed by atoms with Gasteiger partial charge in [-0.25, -0.2) is 4.79 Å². The van der Waals surface area contributed by atoms with Gasteiger partial charge in [-0.05, 0) is 61.0 Å². The number of ketones is 1. The summed E-state index contributed by atoms with van der Waals surface area (Å²) in [6.07, 6.45) is -11.0. The minimum Gasteiger partial charge on any atom is -0.478 e. The number of carbonyl (C=O) groups excluding carboxylic acids is 1. The highest BCUT2D eigenvalue weighted by atomic mass is 19.4. The van der Waals surface area contributed by atoms with Crippen molar-refractivity contribution in [3.8, 4) is 17.2 Å². The van der Waals surface area contributed by atoms with E-state index < -0.39 is 42.1 Å². The van der Waals surface area contributed by atoms with Crippen LogP contribution in [0.5, 0.6) is 17.2 Å². The molecule has 7 nitrogen and oxygen atoms in total. The molecule has 0 aliphatic heterocycles. The number of halogens is 6. The van der Waals surface area contributed by atoms with E-state index in [1.807, 2.05) is 0 Å². The predicted molar refractivity (Wildman–Crippen MR) is 142 cm³/mol. The quantitative estimate of drug-likeness (QED) is 0.148. The third-order valence-electron chi connectivity index (χ3n) is 6.46. The summed E-state index contributed by atoms with van der Waals surface area (Å²) in [5, 5.41) is 9.76. The van der Waals surface area contributed by atoms with Crippen LogP contribution in [0.15, 0.2) is 66.7 Å². The molecule has 1 atom stereocenters. The van der Waals surface area contributed by atoms with Gasteiger partial charge in [-0.1, -0.05) is 26.0 Å². The first-order chi connectivity index (χ1) is 20.0. The maximum Gasteiger partial charge on any atom is 0.573 e. The molecule has 43 heavy (non-hydrogen) atoms. The number of aromatic nitrogens is 1. The second-order valence-electron chi connectivity index (χ2n) is 9.94. The van der Waals surface area contributed by atoms with Gasteiger partial charge in [-0.2, -0.15) is 0 Å². The van der Waals surface area contributed by atoms with Crippen molar-refractivity contribution >= 4 is 22.7 Å². The van der Waals surface area contributed by atoms with Crippen LogP contribution in [0, 0.1) is 12.8 Å². The number of hydrogen-bond donors (Lipinski definition) is 1. The molecular formula is C30H25F6NO6. The van der Waals surface area contributed by atoms with E-state index in [0.29, 0.717) is 11.3 Å². The normalized spacial score (nSPS) is 12.8. The number of benzene rings is 3. The zero-order valence-electron chi connectivity index (χ0n) is 22.9. The lowest BCUT2D eigenvalue weighted by Crippen LogP contribution is -2.32. The fourth-order valence-corrected chi connectivity index (χ4v) is 4.61. The summed E-state index contributed by atoms with van der Waals surface area (Å²) in [6, 6.07) is 14.2. The van der Waals surface area contributed by atoms with E-state index >= 15 is 0 Å². The predicted octanol–water partition coefficient (Wildman–Crippen LogP) is 7.51. The molecule has 1 heterocycles. The third kappa shape index (κ3) is 7.59. The molecule has 0 amide bonds. The molecule has 0 fully saturated rings. The topological polar surface area (TPSA) is 87.0 Å². The monoisotopic (exact) mass is 609 g/mol. The van der Waals surface area contributed by atoms with Gasteiger partial charge < -0.3 is 23.9 Å². The van der Waals surface area contributed by atoms with Crippen molar-refractivity contribution in [2.75, 3.05) is 0 Å². The van der Waals surface area contributed by atoms with E-state index in [1.165, 1.54) is 6.07 Å². The van der Waals surface area contributed by atoms with Crippen LogP contribution in [0.2, 0.25) is 0 Å². The SMILES string of the molecule is Cc1c(C(=O)c2ccc(OC(F)(F)F)cc2)c2ccc(OC(F)(F)F)cc2n1Cc1cccc(OC(C(=O)O)C(C)C)c1. The molecule has 13 heteroatoms. The summed E-state index contributed by atoms with van der Waals surface area (Å²) < 4.78 is 91.9. The van der Waals surface area contributed by atoms with Gasteiger partial charge in [0.05, 0.1) is 11.1 Å². The number of fused-ring (bicyclic) bond motifs is 1. The molecule has 0 radical (unpaired) electrons. The Kier molecular flexibility index (Phi) is 8.65. The Balaban J connectivity index is 1.77. The zero-order chi connectivity index (χ0) is 31.7. The summed E-state index contributed by atoms with van der Waals surface area (Å²) in [5.41, 5.74) is 1.31. The number of alkyl halides is 6. The summed E-state index contributed by atoms with van der Waals surface area (Å²) in [7, 11) is 0. The van der Waals surface area contributed by atoms with Crippen molar-refractivity contribution in [2.24, 2.45) is 5.92 Å². The lowest BCUT2D eigenvalue weighted by molar-refractivity contribution is -0.275. The summed E-state index contributed by atoms with van der Waals surface area (Å²) in [5.74, 6) is -2.86. The zero-order valence-corrected chi connectivity index (χ0v) is 22.9. The van der Waals surface area contributed by atoms with Gasteiger partial charge in [0.25, 0.3) is 0 Å². The number of nitrogens with zero attached hydrogens (tertiary/aromatic N) is 1. The molecular weight excluding hydrogens is 584 g/mol. The minimum atomic E-state index is -4.97. The molecule has 0 aliphatic rings. The van der Waals surface area contributed by atoms with E-state index in [-0.39, 0.29) is 40.2 Å². The smallest absolute Gasteiger partial charge is 0.478 e. The second kappa shape index (κ2) is 11.9. The van der Waals surface area contributed by atoms with Crippen molar-refractivity contribution < 1.29 is 55.2 Å². The highest BCUT2D eigenvalue weighted by molar-refractivity contribution is 6.17. The van der Waals surface area contributed by atoms with E-state index in [0.717, 1.165) is 36.4 Å². The van der Waals surface area contributed by atoms with Crippen LogP contribution in [0.25, 0.3) is 10.9 Å². The number of ether oxygens (including phenoxy) is 3. The standard InChI is InChI=1S/C30H25F6NO6/c1-16(2)27(28(39)40)41-21-6-4-5-18(13-21)15-37-17(3)25(23-12-11-22(14-24(23)37)43-30(34,35)36)26(38)19-7-9-20(10-8-19)42-29(31,32)33/h4-14,16,27H,15H2,1-3H3,(H,39,40). The van der Waals surface area contributed by atoms with E-state index in [9.17, 15) is 41.0 Å². The number of rotatable bonds is 10. The highest BCUT2D eigenvalue weighted by Gasteiger charge is 2.33. The van der Waals surface area contributed by atoms with Crippen molar-refractivity contribution in [3.63, 3.8) is 0 Å². The van der Waals surface area contributed by atoms with Crippen LogP contribution in [0.4, 0.5) is 26.3 Å². The summed E-state index contributed by atoms with van der Waals surface area (Å²) in [4.78, 5) is 25.2. The average molecular weight is 610 g/mol. The largest absolute Gasteiger partial charge is 0.573 e. The van der Waals surface area contributed by atoms with Crippen molar-refractivity contribution in [3.05, 3.63) is 89.1 Å². The molecule has 0 spiro atoms. The van der Waals surface area contributed by atoms with Gasteiger partial charge in [-0.3, -0.25) is 4.79 Å². The Morgan fingerprint density at radius 2 is 1.44 bits per heavy atom. The average Bonchev–Trinajstić information content (AvgIpc) is 3.15. The highest BCUT2D eigenvalue weighted by Crippen LogP contribution is 2.34. The Morgan fingerprint density at radius 3 is 2.02 bits per heavy atom. The van der Waals surface area contributed by atoms with E-state index in [4.69, 9.17) is 4.74 Å². The number of carboxylic acids is 1. The maximum atomic E-state index is 13.6. The third-order valence-corrected chi connectivity index (χ3v) is 6.46. The van der Waals surface area contributed by atoms with Gasteiger partial charge >= 0.3 is 18.7 Å². The molecule has 3 aromatic carbocycles. The Hall–Kier alpha value is -4.68. The van der Waals surface area contributed by atoms with Crippen LogP contribution in [0.1, 0.15) is 41.0 Å². The first kappa shape index (κ1) is 31.3. The van der Waals surface area contributed by atoms with Crippen molar-refractivity contribution in [1.82, 2.24) is 4.57 Å². The van der Waals surface area contributed by atoms with E-state index in [1.54, 1.807) is 49.6 Å². The van der Waals surface area contributed by atoms with Crippen molar-refractivity contribution in [2.45, 2.75) is 46.1 Å². The van der Waals surface area contributed by atoms with Gasteiger partial charge in [0, 0.05) is 35.2 Å². The summed E-state index contributed by atoms with van der Waals surface area (Å²) in [6.45, 7) is 5.00. The fourth-order valence-electron chi connectivity index (χ4n) is 4.61. The molecule has 1 N–H and O–H groups in total. The molecule has 4 aromatic rings. The van der Waals surface area contributed by atoms with Gasteiger partial charge in [0.1, 0.15) is 17.2 Å². The van der Waals surface area contributed by atoms with Crippen molar-refractivity contribution in [1.29, 1.82) is 0 Å². The van der Waals surface area contributed by atoms with Crippen LogP contribution >= 0.6 is 0 Å². The minimum absolute atomic E-state index is 0.0242. The lowest BCUT2D eigenvalue weighted by atomic mass is 10.0. The molecule has 0 saturated heterocycles. The molecule has 0 aliphatic carbocycles. The number of carboxylic acid groups (broad SMARTS) is 1. The molecule has 1 aromatic heterocycles. The molecule has 228 valence electrons. The number of hydrogen-bond acceptors (Lipinski definition) is 5. The fraction of sp³-hybridized carbons (Fsp3) is 0.267. The van der Waals surface area contributed by atoms with Crippen LogP contribution in [-0.4, -0.2) is 40.3 Å². The van der Waals surface area contributed by atoms with Gasteiger partial charge in [0.15, 0.2) is 11.9 Å². The first-order valence-electron chi connectivity index (χ1n) is 12.8.